The van der Waals surface area contributed by atoms with Crippen LogP contribution in [0.5, 0.6) is 11.5 Å². The molecule has 0 saturated carbocycles. The zero-order chi connectivity index (χ0) is 20.6. The summed E-state index contributed by atoms with van der Waals surface area (Å²) in [5.74, 6) is 0.430. The molecule has 29 heavy (non-hydrogen) atoms. The third kappa shape index (κ3) is 5.22. The summed E-state index contributed by atoms with van der Waals surface area (Å²) in [6.45, 7) is 1.83. The first-order valence-electron chi connectivity index (χ1n) is 8.72. The Bertz CT molecular complexity index is 1050. The van der Waals surface area contributed by atoms with Crippen molar-refractivity contribution in [3.63, 3.8) is 0 Å². The molecule has 0 aliphatic heterocycles. The van der Waals surface area contributed by atoms with E-state index < -0.39 is 5.97 Å². The smallest absolute Gasteiger partial charge is 0.344 e. The van der Waals surface area contributed by atoms with Crippen LogP contribution in [-0.2, 0) is 9.53 Å². The number of carbonyl (C=O) groups is 1. The molecule has 0 unspecified atom stereocenters. The highest BCUT2D eigenvalue weighted by molar-refractivity contribution is 7.14. The van der Waals surface area contributed by atoms with Crippen LogP contribution in [0.25, 0.3) is 22.2 Å². The lowest BCUT2D eigenvalue weighted by molar-refractivity contribution is -0.145. The monoisotopic (exact) mass is 426 g/mol. The van der Waals surface area contributed by atoms with Crippen molar-refractivity contribution in [2.45, 2.75) is 6.92 Å². The molecule has 0 saturated heterocycles. The summed E-state index contributed by atoms with van der Waals surface area (Å²) >= 11 is 3.03. The first-order chi connectivity index (χ1) is 14.1. The molecule has 0 atom stereocenters. The zero-order valence-electron chi connectivity index (χ0n) is 15.9. The second-order valence-corrected chi connectivity index (χ2v) is 7.49. The molecule has 8 heteroatoms. The second kappa shape index (κ2) is 9.87. The van der Waals surface area contributed by atoms with Crippen molar-refractivity contribution in [2.24, 2.45) is 0 Å². The third-order valence-electron chi connectivity index (χ3n) is 3.78. The summed E-state index contributed by atoms with van der Waals surface area (Å²) in [5.41, 5.74) is 2.08. The van der Waals surface area contributed by atoms with E-state index in [9.17, 15) is 10.1 Å². The first-order valence-corrected chi connectivity index (χ1v) is 10.5. The largest absolute Gasteiger partial charge is 0.493 e. The van der Waals surface area contributed by atoms with Crippen LogP contribution in [0.4, 0.5) is 0 Å². The molecule has 0 radical (unpaired) electrons. The molecule has 2 aromatic heterocycles. The number of methoxy groups -OCH3 is 1. The molecule has 3 rings (SSSR count). The van der Waals surface area contributed by atoms with Crippen molar-refractivity contribution >= 4 is 40.3 Å². The third-order valence-corrected chi connectivity index (χ3v) is 5.55. The lowest BCUT2D eigenvalue weighted by Crippen LogP contribution is -2.14. The molecule has 0 spiro atoms. The first kappa shape index (κ1) is 20.6. The molecule has 0 aliphatic carbocycles. The number of esters is 1. The van der Waals surface area contributed by atoms with Crippen LogP contribution in [0, 0.1) is 11.3 Å². The maximum Gasteiger partial charge on any atom is 0.344 e. The van der Waals surface area contributed by atoms with Gasteiger partial charge in [0.05, 0.1) is 29.9 Å². The number of hydrogen-bond acceptors (Lipinski definition) is 8. The van der Waals surface area contributed by atoms with Crippen molar-refractivity contribution in [3.8, 4) is 28.1 Å². The van der Waals surface area contributed by atoms with Crippen molar-refractivity contribution in [2.75, 3.05) is 20.3 Å². The van der Waals surface area contributed by atoms with E-state index in [0.717, 1.165) is 16.1 Å². The van der Waals surface area contributed by atoms with Crippen molar-refractivity contribution in [3.05, 3.63) is 51.7 Å². The van der Waals surface area contributed by atoms with E-state index in [1.54, 1.807) is 42.5 Å². The van der Waals surface area contributed by atoms with Gasteiger partial charge in [-0.1, -0.05) is 12.1 Å². The molecular weight excluding hydrogens is 408 g/mol. The number of ether oxygens (including phenoxy) is 3. The zero-order valence-corrected chi connectivity index (χ0v) is 17.5. The van der Waals surface area contributed by atoms with Gasteiger partial charge in [0, 0.05) is 5.38 Å². The van der Waals surface area contributed by atoms with Gasteiger partial charge in [-0.05, 0) is 42.1 Å². The average molecular weight is 427 g/mol. The van der Waals surface area contributed by atoms with Crippen LogP contribution in [0.2, 0.25) is 0 Å². The average Bonchev–Trinajstić information content (AvgIpc) is 3.42. The molecule has 6 nitrogen and oxygen atoms in total. The molecule has 0 amide bonds. The minimum Gasteiger partial charge on any atom is -0.493 e. The van der Waals surface area contributed by atoms with Crippen LogP contribution in [0.3, 0.4) is 0 Å². The number of nitriles is 1. The van der Waals surface area contributed by atoms with Crippen LogP contribution >= 0.6 is 22.7 Å². The van der Waals surface area contributed by atoms with Gasteiger partial charge in [-0.3, -0.25) is 0 Å². The van der Waals surface area contributed by atoms with Gasteiger partial charge in [0.15, 0.2) is 18.1 Å². The Morgan fingerprint density at radius 1 is 1.28 bits per heavy atom. The topological polar surface area (TPSA) is 81.4 Å². The maximum atomic E-state index is 11.5. The Kier molecular flexibility index (Phi) is 7.00. The minimum absolute atomic E-state index is 0.201. The summed E-state index contributed by atoms with van der Waals surface area (Å²) in [6, 6.07) is 11.4. The van der Waals surface area contributed by atoms with Crippen LogP contribution in [-0.4, -0.2) is 31.3 Å². The number of thiazole rings is 1. The summed E-state index contributed by atoms with van der Waals surface area (Å²) in [4.78, 5) is 17.1. The van der Waals surface area contributed by atoms with Gasteiger partial charge in [-0.25, -0.2) is 9.78 Å². The highest BCUT2D eigenvalue weighted by atomic mass is 32.1. The lowest BCUT2D eigenvalue weighted by Gasteiger charge is -2.11. The number of aromatic nitrogens is 1. The van der Waals surface area contributed by atoms with E-state index in [1.165, 1.54) is 18.4 Å². The molecule has 148 valence electrons. The van der Waals surface area contributed by atoms with E-state index >= 15 is 0 Å². The molecule has 0 aliphatic rings. The second-order valence-electron chi connectivity index (χ2n) is 5.69. The Morgan fingerprint density at radius 2 is 2.14 bits per heavy atom. The van der Waals surface area contributed by atoms with E-state index in [0.29, 0.717) is 28.7 Å². The predicted molar refractivity (Wildman–Crippen MR) is 114 cm³/mol. The fourth-order valence-corrected chi connectivity index (χ4v) is 4.02. The van der Waals surface area contributed by atoms with Gasteiger partial charge < -0.3 is 14.2 Å². The normalized spacial score (nSPS) is 11.0. The number of hydrogen-bond donors (Lipinski definition) is 0. The minimum atomic E-state index is -0.449. The predicted octanol–water partition coefficient (Wildman–Crippen LogP) is 4.89. The fraction of sp³-hybridized carbons (Fsp3) is 0.190. The van der Waals surface area contributed by atoms with Crippen molar-refractivity contribution in [1.29, 1.82) is 5.26 Å². The molecule has 0 fully saturated rings. The van der Waals surface area contributed by atoms with Gasteiger partial charge in [-0.2, -0.15) is 5.26 Å². The maximum absolute atomic E-state index is 11.5. The van der Waals surface area contributed by atoms with E-state index in [1.807, 2.05) is 22.9 Å². The number of thiophene rings is 1. The summed E-state index contributed by atoms with van der Waals surface area (Å²) in [6.07, 6.45) is 1.74. The molecular formula is C21H18N2O4S2. The SMILES string of the molecule is CCOC(=O)COc1ccc(/C=C(\C#N)c2nc(-c3cccs3)cs2)cc1OC. The van der Waals surface area contributed by atoms with Gasteiger partial charge in [0.25, 0.3) is 0 Å². The molecule has 2 heterocycles. The fourth-order valence-electron chi connectivity index (χ4n) is 2.48. The quantitative estimate of drug-likeness (QED) is 0.377. The van der Waals surface area contributed by atoms with Crippen LogP contribution in [0.15, 0.2) is 41.1 Å². The van der Waals surface area contributed by atoms with E-state index in [4.69, 9.17) is 14.2 Å². The molecule has 3 aromatic rings. The van der Waals surface area contributed by atoms with Crippen molar-refractivity contribution < 1.29 is 19.0 Å². The standard InChI is InChI=1S/C21H18N2O4S2/c1-3-26-20(24)12-27-17-7-6-14(10-18(17)25-2)9-15(11-22)21-23-16(13-29-21)19-5-4-8-28-19/h4-10,13H,3,12H2,1-2H3/b15-9+. The number of benzene rings is 1. The highest BCUT2D eigenvalue weighted by Crippen LogP contribution is 2.32. The Labute approximate surface area is 176 Å². The molecule has 0 bridgehead atoms. The van der Waals surface area contributed by atoms with Crippen LogP contribution < -0.4 is 9.47 Å². The van der Waals surface area contributed by atoms with Gasteiger partial charge in [-0.15, -0.1) is 22.7 Å². The number of rotatable bonds is 8. The Hall–Kier alpha value is -3.15. The van der Waals surface area contributed by atoms with Gasteiger partial charge in [0.2, 0.25) is 0 Å². The Balaban J connectivity index is 1.81. The number of allylic oxidation sites excluding steroid dienone is 1. The molecule has 1 aromatic carbocycles. The number of carbonyl (C=O) groups excluding carboxylic acids is 1. The van der Waals surface area contributed by atoms with Gasteiger partial charge in [0.1, 0.15) is 11.1 Å². The molecule has 0 N–H and O–H groups in total. The summed E-state index contributed by atoms with van der Waals surface area (Å²) in [5, 5.41) is 14.2. The summed E-state index contributed by atoms with van der Waals surface area (Å²) < 4.78 is 15.7. The Morgan fingerprint density at radius 3 is 2.83 bits per heavy atom. The highest BCUT2D eigenvalue weighted by Gasteiger charge is 2.12. The van der Waals surface area contributed by atoms with E-state index in [2.05, 4.69) is 11.1 Å². The lowest BCUT2D eigenvalue weighted by atomic mass is 10.1. The van der Waals surface area contributed by atoms with Gasteiger partial charge >= 0.3 is 5.97 Å². The van der Waals surface area contributed by atoms with Crippen molar-refractivity contribution in [1.82, 2.24) is 4.98 Å². The van der Waals surface area contributed by atoms with Crippen LogP contribution in [0.1, 0.15) is 17.5 Å². The van der Waals surface area contributed by atoms with E-state index in [-0.39, 0.29) is 6.61 Å². The summed E-state index contributed by atoms with van der Waals surface area (Å²) in [7, 11) is 1.51. The number of nitrogens with zero attached hydrogens (tertiary/aromatic N) is 2.